The molecule has 0 radical (unpaired) electrons. The van der Waals surface area contributed by atoms with E-state index in [1.165, 1.54) is 15.6 Å². The standard InChI is InChI=1S/C18H25NOS/c1-17(2)8-5-9-18(12-19,16(17)20)10-13-11-21-15-7-4-3-6-14(13)15/h3-4,6-7,11,16,20H,5,8-10,12,19H2,1-2H3. The number of rotatable bonds is 3. The highest BCUT2D eigenvalue weighted by molar-refractivity contribution is 7.17. The SMILES string of the molecule is CC1(C)CCCC(CN)(Cc2csc3ccccc23)C1O. The first-order valence-electron chi connectivity index (χ1n) is 7.82. The number of fused-ring (bicyclic) bond motifs is 1. The van der Waals surface area contributed by atoms with Gasteiger partial charge >= 0.3 is 0 Å². The Labute approximate surface area is 131 Å². The zero-order valence-corrected chi connectivity index (χ0v) is 13.7. The lowest BCUT2D eigenvalue weighted by Crippen LogP contribution is -2.53. The van der Waals surface area contributed by atoms with E-state index in [4.69, 9.17) is 5.73 Å². The van der Waals surface area contributed by atoms with E-state index in [0.717, 1.165) is 25.7 Å². The van der Waals surface area contributed by atoms with E-state index < -0.39 is 0 Å². The summed E-state index contributed by atoms with van der Waals surface area (Å²) in [6.07, 6.45) is 3.82. The third kappa shape index (κ3) is 2.52. The van der Waals surface area contributed by atoms with Crippen molar-refractivity contribution in [1.82, 2.24) is 0 Å². The van der Waals surface area contributed by atoms with Crippen molar-refractivity contribution in [2.24, 2.45) is 16.6 Å². The lowest BCUT2D eigenvalue weighted by molar-refractivity contribution is -0.0883. The number of hydrogen-bond donors (Lipinski definition) is 2. The summed E-state index contributed by atoms with van der Waals surface area (Å²) in [6.45, 7) is 4.90. The number of hydrogen-bond acceptors (Lipinski definition) is 3. The molecule has 1 heterocycles. The van der Waals surface area contributed by atoms with Crippen molar-refractivity contribution in [2.45, 2.75) is 45.6 Å². The summed E-state index contributed by atoms with van der Waals surface area (Å²) in [7, 11) is 0. The predicted molar refractivity (Wildman–Crippen MR) is 90.7 cm³/mol. The molecule has 1 fully saturated rings. The highest BCUT2D eigenvalue weighted by atomic mass is 32.1. The van der Waals surface area contributed by atoms with Crippen molar-refractivity contribution in [2.75, 3.05) is 6.54 Å². The summed E-state index contributed by atoms with van der Waals surface area (Å²) >= 11 is 1.79. The average molecular weight is 303 g/mol. The molecule has 114 valence electrons. The molecule has 0 bridgehead atoms. The molecule has 0 saturated heterocycles. The normalized spacial score (nSPS) is 28.9. The molecular weight excluding hydrogens is 278 g/mol. The molecule has 0 aliphatic heterocycles. The van der Waals surface area contributed by atoms with Crippen molar-refractivity contribution in [3.63, 3.8) is 0 Å². The van der Waals surface area contributed by atoms with Crippen molar-refractivity contribution >= 4 is 21.4 Å². The number of aliphatic hydroxyl groups excluding tert-OH is 1. The van der Waals surface area contributed by atoms with Crippen LogP contribution in [0.3, 0.4) is 0 Å². The number of benzene rings is 1. The lowest BCUT2D eigenvalue weighted by atomic mass is 9.59. The van der Waals surface area contributed by atoms with Crippen molar-refractivity contribution in [3.8, 4) is 0 Å². The predicted octanol–water partition coefficient (Wildman–Crippen LogP) is 3.96. The molecule has 1 saturated carbocycles. The molecule has 2 atom stereocenters. The van der Waals surface area contributed by atoms with Crippen LogP contribution in [0.1, 0.15) is 38.7 Å². The summed E-state index contributed by atoms with van der Waals surface area (Å²) in [4.78, 5) is 0. The van der Waals surface area contributed by atoms with Crippen LogP contribution < -0.4 is 5.73 Å². The fourth-order valence-electron chi connectivity index (χ4n) is 4.02. The van der Waals surface area contributed by atoms with Gasteiger partial charge in [0.2, 0.25) is 0 Å². The van der Waals surface area contributed by atoms with Crippen LogP contribution in [0.15, 0.2) is 29.6 Å². The highest BCUT2D eigenvalue weighted by Crippen LogP contribution is 2.48. The Morgan fingerprint density at radius 3 is 2.81 bits per heavy atom. The van der Waals surface area contributed by atoms with Gasteiger partial charge in [0.25, 0.3) is 0 Å². The third-order valence-electron chi connectivity index (χ3n) is 5.33. The monoisotopic (exact) mass is 303 g/mol. The van der Waals surface area contributed by atoms with Gasteiger partial charge in [0.1, 0.15) is 0 Å². The molecule has 1 aromatic heterocycles. The Hall–Kier alpha value is -0.900. The van der Waals surface area contributed by atoms with Crippen LogP contribution in [0, 0.1) is 10.8 Å². The summed E-state index contributed by atoms with van der Waals surface area (Å²) < 4.78 is 1.32. The zero-order valence-electron chi connectivity index (χ0n) is 12.9. The minimum atomic E-state index is -0.331. The molecule has 0 spiro atoms. The lowest BCUT2D eigenvalue weighted by Gasteiger charge is -2.49. The van der Waals surface area contributed by atoms with Gasteiger partial charge in [-0.05, 0) is 47.1 Å². The third-order valence-corrected chi connectivity index (χ3v) is 6.34. The van der Waals surface area contributed by atoms with Crippen LogP contribution in [0.25, 0.3) is 10.1 Å². The van der Waals surface area contributed by atoms with Crippen LogP contribution in [-0.2, 0) is 6.42 Å². The molecule has 2 nitrogen and oxygen atoms in total. The Morgan fingerprint density at radius 2 is 2.05 bits per heavy atom. The van der Waals surface area contributed by atoms with E-state index >= 15 is 0 Å². The van der Waals surface area contributed by atoms with E-state index in [1.807, 2.05) is 0 Å². The number of nitrogens with two attached hydrogens (primary N) is 1. The molecular formula is C18H25NOS. The van der Waals surface area contributed by atoms with Gasteiger partial charge in [0.15, 0.2) is 0 Å². The smallest absolute Gasteiger partial charge is 0.0662 e. The summed E-state index contributed by atoms with van der Waals surface area (Å²) in [6, 6.07) is 8.53. The second-order valence-electron chi connectivity index (χ2n) is 7.25. The largest absolute Gasteiger partial charge is 0.392 e. The van der Waals surface area contributed by atoms with E-state index in [-0.39, 0.29) is 16.9 Å². The quantitative estimate of drug-likeness (QED) is 0.901. The second-order valence-corrected chi connectivity index (χ2v) is 8.16. The molecule has 1 aromatic carbocycles. The maximum Gasteiger partial charge on any atom is 0.0662 e. The van der Waals surface area contributed by atoms with Gasteiger partial charge in [-0.2, -0.15) is 0 Å². The summed E-state index contributed by atoms with van der Waals surface area (Å²) in [5.41, 5.74) is 7.29. The first kappa shape index (κ1) is 15.0. The van der Waals surface area contributed by atoms with Crippen LogP contribution in [0.4, 0.5) is 0 Å². The summed E-state index contributed by atoms with van der Waals surface area (Å²) in [5, 5.41) is 14.5. The van der Waals surface area contributed by atoms with Gasteiger partial charge in [0, 0.05) is 16.7 Å². The summed E-state index contributed by atoms with van der Waals surface area (Å²) in [5.74, 6) is 0. The van der Waals surface area contributed by atoms with Crippen LogP contribution in [0.5, 0.6) is 0 Å². The maximum absolute atomic E-state index is 10.9. The van der Waals surface area contributed by atoms with Crippen LogP contribution >= 0.6 is 11.3 Å². The van der Waals surface area contributed by atoms with E-state index in [1.54, 1.807) is 11.3 Å². The van der Waals surface area contributed by atoms with Gasteiger partial charge in [-0.1, -0.05) is 38.5 Å². The number of thiophene rings is 1. The molecule has 0 amide bonds. The van der Waals surface area contributed by atoms with Crippen LogP contribution in [0.2, 0.25) is 0 Å². The molecule has 2 unspecified atom stereocenters. The number of aliphatic hydroxyl groups is 1. The molecule has 3 heteroatoms. The fraction of sp³-hybridized carbons (Fsp3) is 0.556. The Morgan fingerprint density at radius 1 is 1.29 bits per heavy atom. The Bertz CT molecular complexity index is 633. The first-order valence-corrected chi connectivity index (χ1v) is 8.70. The van der Waals surface area contributed by atoms with E-state index in [2.05, 4.69) is 43.5 Å². The molecule has 1 aliphatic rings. The molecule has 3 rings (SSSR count). The Kier molecular flexibility index (Phi) is 3.85. The topological polar surface area (TPSA) is 46.2 Å². The maximum atomic E-state index is 10.9. The minimum Gasteiger partial charge on any atom is -0.392 e. The van der Waals surface area contributed by atoms with Gasteiger partial charge in [-0.15, -0.1) is 11.3 Å². The van der Waals surface area contributed by atoms with Gasteiger partial charge in [0.05, 0.1) is 6.10 Å². The van der Waals surface area contributed by atoms with Crippen LogP contribution in [-0.4, -0.2) is 17.8 Å². The molecule has 1 aliphatic carbocycles. The molecule has 2 aromatic rings. The minimum absolute atomic E-state index is 0.0382. The highest BCUT2D eigenvalue weighted by Gasteiger charge is 2.47. The van der Waals surface area contributed by atoms with Crippen molar-refractivity contribution < 1.29 is 5.11 Å². The second kappa shape index (κ2) is 5.38. The Balaban J connectivity index is 1.97. The average Bonchev–Trinajstić information content (AvgIpc) is 2.87. The van der Waals surface area contributed by atoms with E-state index in [0.29, 0.717) is 6.54 Å². The first-order chi connectivity index (χ1) is 9.98. The van der Waals surface area contributed by atoms with Crippen molar-refractivity contribution in [1.29, 1.82) is 0 Å². The van der Waals surface area contributed by atoms with E-state index in [9.17, 15) is 5.11 Å². The van der Waals surface area contributed by atoms with Gasteiger partial charge in [-0.25, -0.2) is 0 Å². The zero-order chi connectivity index (χ0) is 15.1. The molecule has 21 heavy (non-hydrogen) atoms. The molecule has 3 N–H and O–H groups in total. The fourth-order valence-corrected chi connectivity index (χ4v) is 4.98. The van der Waals surface area contributed by atoms with Crippen molar-refractivity contribution in [3.05, 3.63) is 35.2 Å². The van der Waals surface area contributed by atoms with Gasteiger partial charge < -0.3 is 10.8 Å². The van der Waals surface area contributed by atoms with Gasteiger partial charge in [-0.3, -0.25) is 0 Å².